The summed E-state index contributed by atoms with van der Waals surface area (Å²) in [7, 11) is 0. The first-order valence-corrected chi connectivity index (χ1v) is 5.46. The van der Waals surface area contributed by atoms with Crippen LogP contribution in [0.4, 0.5) is 0 Å². The van der Waals surface area contributed by atoms with Gasteiger partial charge in [0, 0.05) is 27.8 Å². The van der Waals surface area contributed by atoms with Crippen LogP contribution in [0.3, 0.4) is 0 Å². The Balaban J connectivity index is 3.43. The normalized spacial score (nSPS) is 11.2. The average Bonchev–Trinajstić information content (AvgIpc) is 2.14. The molecule has 86 valence electrons. The number of pyridine rings is 1. The van der Waals surface area contributed by atoms with E-state index in [4.69, 9.17) is 5.11 Å². The number of hydrogen-bond acceptors (Lipinski definition) is 3. The highest BCUT2D eigenvalue weighted by Gasteiger charge is 2.29. The topological polar surface area (TPSA) is 67.3 Å². The molecule has 0 aromatic carbocycles. The monoisotopic (exact) mass is 285 g/mol. The highest BCUT2D eigenvalue weighted by molar-refractivity contribution is 9.10. The lowest BCUT2D eigenvalue weighted by Crippen LogP contribution is -2.23. The zero-order chi connectivity index (χ0) is 12.5. The number of carbonyl (C=O) groups excluding carboxylic acids is 1. The number of halogens is 1. The third-order valence-corrected chi connectivity index (χ3v) is 2.64. The quantitative estimate of drug-likeness (QED) is 0.849. The number of ketones is 1. The van der Waals surface area contributed by atoms with Crippen molar-refractivity contribution in [2.75, 3.05) is 0 Å². The van der Waals surface area contributed by atoms with Gasteiger partial charge in [0.25, 0.3) is 0 Å². The fourth-order valence-corrected chi connectivity index (χ4v) is 1.71. The predicted octanol–water partition coefficient (Wildman–Crippen LogP) is 2.77. The van der Waals surface area contributed by atoms with Gasteiger partial charge in [-0.25, -0.2) is 4.79 Å². The zero-order valence-corrected chi connectivity index (χ0v) is 10.8. The largest absolute Gasteiger partial charge is 0.478 e. The first-order valence-electron chi connectivity index (χ1n) is 4.66. The molecule has 0 aliphatic rings. The summed E-state index contributed by atoms with van der Waals surface area (Å²) >= 11 is 3.16. The number of aromatic carboxylic acids is 1. The molecule has 0 saturated carbocycles. The van der Waals surface area contributed by atoms with E-state index in [2.05, 4.69) is 20.9 Å². The van der Waals surface area contributed by atoms with E-state index in [0.29, 0.717) is 4.47 Å². The molecule has 0 saturated heterocycles. The fraction of sp³-hybridized carbons (Fsp3) is 0.364. The van der Waals surface area contributed by atoms with E-state index in [0.717, 1.165) is 0 Å². The maximum Gasteiger partial charge on any atom is 0.338 e. The van der Waals surface area contributed by atoms with Gasteiger partial charge in [-0.15, -0.1) is 0 Å². The summed E-state index contributed by atoms with van der Waals surface area (Å²) < 4.78 is 0.410. The van der Waals surface area contributed by atoms with Crippen molar-refractivity contribution < 1.29 is 14.7 Å². The summed E-state index contributed by atoms with van der Waals surface area (Å²) in [5, 5.41) is 8.99. The summed E-state index contributed by atoms with van der Waals surface area (Å²) in [6.45, 7) is 5.23. The van der Waals surface area contributed by atoms with Gasteiger partial charge in [0.1, 0.15) is 0 Å². The third kappa shape index (κ3) is 2.47. The van der Waals surface area contributed by atoms with Crippen LogP contribution in [0.2, 0.25) is 0 Å². The summed E-state index contributed by atoms with van der Waals surface area (Å²) in [5.74, 6) is -1.37. The van der Waals surface area contributed by atoms with Gasteiger partial charge in [0.05, 0.1) is 5.56 Å². The van der Waals surface area contributed by atoms with Crippen LogP contribution >= 0.6 is 15.9 Å². The summed E-state index contributed by atoms with van der Waals surface area (Å²) in [6.07, 6.45) is 2.61. The second-order valence-electron chi connectivity index (χ2n) is 4.43. The molecule has 4 nitrogen and oxygen atoms in total. The third-order valence-electron chi connectivity index (χ3n) is 2.04. The SMILES string of the molecule is CC(C)(C)C(=O)c1c(Br)cncc1C(=O)O. The smallest absolute Gasteiger partial charge is 0.338 e. The molecule has 1 heterocycles. The molecule has 1 aromatic rings. The molecule has 16 heavy (non-hydrogen) atoms. The van der Waals surface area contributed by atoms with Crippen LogP contribution in [-0.4, -0.2) is 21.8 Å². The summed E-state index contributed by atoms with van der Waals surface area (Å²) in [5.41, 5.74) is -0.530. The van der Waals surface area contributed by atoms with E-state index in [1.807, 2.05) is 0 Å². The molecule has 5 heteroatoms. The lowest BCUT2D eigenvalue weighted by Gasteiger charge is -2.18. The minimum Gasteiger partial charge on any atom is -0.478 e. The second-order valence-corrected chi connectivity index (χ2v) is 5.28. The van der Waals surface area contributed by atoms with Crippen molar-refractivity contribution in [1.29, 1.82) is 0 Å². The molecular weight excluding hydrogens is 274 g/mol. The molecule has 1 rings (SSSR count). The van der Waals surface area contributed by atoms with Gasteiger partial charge in [-0.2, -0.15) is 0 Å². The number of carboxylic acids is 1. The van der Waals surface area contributed by atoms with Crippen LogP contribution < -0.4 is 0 Å². The summed E-state index contributed by atoms with van der Waals surface area (Å²) in [6, 6.07) is 0. The fourth-order valence-electron chi connectivity index (χ4n) is 1.20. The lowest BCUT2D eigenvalue weighted by atomic mass is 9.85. The van der Waals surface area contributed by atoms with Crippen molar-refractivity contribution in [2.45, 2.75) is 20.8 Å². The molecular formula is C11H12BrNO3. The van der Waals surface area contributed by atoms with Crippen LogP contribution in [0.15, 0.2) is 16.9 Å². The van der Waals surface area contributed by atoms with Gasteiger partial charge in [-0.3, -0.25) is 9.78 Å². The Morgan fingerprint density at radius 3 is 2.31 bits per heavy atom. The van der Waals surface area contributed by atoms with Crippen molar-refractivity contribution in [2.24, 2.45) is 5.41 Å². The van der Waals surface area contributed by atoms with Crippen LogP contribution in [0.1, 0.15) is 41.5 Å². The maximum atomic E-state index is 12.1. The predicted molar refractivity (Wildman–Crippen MR) is 62.7 cm³/mol. The Hall–Kier alpha value is -1.23. The molecule has 1 aromatic heterocycles. The van der Waals surface area contributed by atoms with Crippen LogP contribution in [0.25, 0.3) is 0 Å². The zero-order valence-electron chi connectivity index (χ0n) is 9.24. The van der Waals surface area contributed by atoms with Gasteiger partial charge in [0.15, 0.2) is 5.78 Å². The van der Waals surface area contributed by atoms with Crippen molar-refractivity contribution >= 4 is 27.7 Å². The maximum absolute atomic E-state index is 12.1. The summed E-state index contributed by atoms with van der Waals surface area (Å²) in [4.78, 5) is 26.8. The number of carbonyl (C=O) groups is 2. The standard InChI is InChI=1S/C11H12BrNO3/c1-11(2,3)9(14)8-6(10(15)16)4-13-5-7(8)12/h4-5H,1-3H3,(H,15,16). The van der Waals surface area contributed by atoms with E-state index in [1.165, 1.54) is 12.4 Å². The Kier molecular flexibility index (Phi) is 3.48. The number of Topliss-reactive ketones (excluding diaryl/α,β-unsaturated/α-hetero) is 1. The Morgan fingerprint density at radius 1 is 1.31 bits per heavy atom. The number of aromatic nitrogens is 1. The number of hydrogen-bond donors (Lipinski definition) is 1. The molecule has 1 N–H and O–H groups in total. The Morgan fingerprint density at radius 2 is 1.88 bits per heavy atom. The molecule has 0 unspecified atom stereocenters. The van der Waals surface area contributed by atoms with Crippen molar-refractivity contribution in [3.63, 3.8) is 0 Å². The van der Waals surface area contributed by atoms with Crippen molar-refractivity contribution in [3.8, 4) is 0 Å². The van der Waals surface area contributed by atoms with Crippen molar-refractivity contribution in [3.05, 3.63) is 28.0 Å². The van der Waals surface area contributed by atoms with E-state index < -0.39 is 11.4 Å². The van der Waals surface area contributed by atoms with Gasteiger partial charge in [0.2, 0.25) is 0 Å². The van der Waals surface area contributed by atoms with E-state index in [9.17, 15) is 9.59 Å². The molecule has 0 aliphatic heterocycles. The van der Waals surface area contributed by atoms with Crippen LogP contribution in [0, 0.1) is 5.41 Å². The molecule has 0 atom stereocenters. The molecule has 0 aliphatic carbocycles. The van der Waals surface area contributed by atoms with Gasteiger partial charge in [-0.1, -0.05) is 20.8 Å². The Bertz CT molecular complexity index is 449. The number of nitrogens with zero attached hydrogens (tertiary/aromatic N) is 1. The Labute approximate surface area is 102 Å². The van der Waals surface area contributed by atoms with E-state index in [1.54, 1.807) is 20.8 Å². The first-order chi connectivity index (χ1) is 7.25. The van der Waals surface area contributed by atoms with Crippen LogP contribution in [0.5, 0.6) is 0 Å². The number of rotatable bonds is 2. The van der Waals surface area contributed by atoms with Gasteiger partial charge < -0.3 is 5.11 Å². The second kappa shape index (κ2) is 4.33. The molecule has 0 fully saturated rings. The highest BCUT2D eigenvalue weighted by Crippen LogP contribution is 2.28. The molecule has 0 spiro atoms. The minimum absolute atomic E-state index is 0.0747. The van der Waals surface area contributed by atoms with E-state index >= 15 is 0 Å². The molecule has 0 amide bonds. The van der Waals surface area contributed by atoms with Crippen LogP contribution in [-0.2, 0) is 0 Å². The highest BCUT2D eigenvalue weighted by atomic mass is 79.9. The molecule has 0 radical (unpaired) electrons. The molecule has 0 bridgehead atoms. The number of carboxylic acid groups (broad SMARTS) is 1. The van der Waals surface area contributed by atoms with Gasteiger partial charge >= 0.3 is 5.97 Å². The van der Waals surface area contributed by atoms with Crippen molar-refractivity contribution in [1.82, 2.24) is 4.98 Å². The van der Waals surface area contributed by atoms with E-state index in [-0.39, 0.29) is 16.9 Å². The average molecular weight is 286 g/mol. The van der Waals surface area contributed by atoms with Gasteiger partial charge in [-0.05, 0) is 15.9 Å². The lowest BCUT2D eigenvalue weighted by molar-refractivity contribution is 0.0687. The first kappa shape index (κ1) is 12.8. The minimum atomic E-state index is -1.15.